The fourth-order valence-corrected chi connectivity index (χ4v) is 3.83. The maximum Gasteiger partial charge on any atom is 0.351 e. The second kappa shape index (κ2) is 7.59. The fraction of sp³-hybridized carbons (Fsp3) is 0.421. The predicted molar refractivity (Wildman–Crippen MR) is 109 cm³/mol. The van der Waals surface area contributed by atoms with E-state index in [0.717, 1.165) is 6.42 Å². The van der Waals surface area contributed by atoms with E-state index in [-0.39, 0.29) is 17.8 Å². The van der Waals surface area contributed by atoms with Crippen LogP contribution < -0.4 is 11.4 Å². The first kappa shape index (κ1) is 19.8. The van der Waals surface area contributed by atoms with Gasteiger partial charge in [-0.3, -0.25) is 4.57 Å². The summed E-state index contributed by atoms with van der Waals surface area (Å²) in [4.78, 5) is 29.1. The van der Waals surface area contributed by atoms with Crippen LogP contribution in [0.15, 0.2) is 41.3 Å². The van der Waals surface area contributed by atoms with Crippen LogP contribution in [-0.4, -0.2) is 27.2 Å². The van der Waals surface area contributed by atoms with Crippen molar-refractivity contribution in [1.29, 1.82) is 0 Å². The van der Waals surface area contributed by atoms with Crippen LogP contribution >= 0.6 is 22.6 Å². The van der Waals surface area contributed by atoms with Crippen LogP contribution in [0.25, 0.3) is 0 Å². The number of carbonyl (C=O) groups excluding carboxylic acids is 1. The molecule has 2 heterocycles. The Hall–Kier alpha value is -1.94. The van der Waals surface area contributed by atoms with Gasteiger partial charge in [-0.2, -0.15) is 4.98 Å². The van der Waals surface area contributed by atoms with Crippen LogP contribution in [0.4, 0.5) is 5.82 Å². The third-order valence-corrected chi connectivity index (χ3v) is 6.00. The minimum Gasteiger partial charge on any atom is -0.451 e. The Bertz CT molecular complexity index is 902. The molecule has 1 aliphatic heterocycles. The van der Waals surface area contributed by atoms with Crippen LogP contribution in [0.3, 0.4) is 0 Å². The monoisotopic (exact) mass is 483 g/mol. The molecule has 2 N–H and O–H groups in total. The number of esters is 1. The normalized spacial score (nSPS) is 27.5. The molecule has 8 heteroatoms. The SMILES string of the molecule is CC[C@H]1O[C@@H](n2cc(I)c(N)nc2=O)[C@](C)(OC(=O)c2ccccc2)[C@@H]1C. The maximum absolute atomic E-state index is 12.7. The maximum atomic E-state index is 12.7. The summed E-state index contributed by atoms with van der Waals surface area (Å²) in [6.07, 6.45) is 1.37. The van der Waals surface area contributed by atoms with Crippen LogP contribution in [-0.2, 0) is 9.47 Å². The van der Waals surface area contributed by atoms with Crippen LogP contribution in [0.1, 0.15) is 43.8 Å². The van der Waals surface area contributed by atoms with Crippen molar-refractivity contribution < 1.29 is 14.3 Å². The third kappa shape index (κ3) is 3.60. The molecular formula is C19H22IN3O4. The smallest absolute Gasteiger partial charge is 0.351 e. The van der Waals surface area contributed by atoms with Gasteiger partial charge in [-0.25, -0.2) is 9.59 Å². The Morgan fingerprint density at radius 3 is 2.70 bits per heavy atom. The van der Waals surface area contributed by atoms with E-state index < -0.39 is 23.5 Å². The topological polar surface area (TPSA) is 96.4 Å². The van der Waals surface area contributed by atoms with Gasteiger partial charge in [0.2, 0.25) is 0 Å². The number of ether oxygens (including phenoxy) is 2. The number of anilines is 1. The first-order valence-corrected chi connectivity index (χ1v) is 9.83. The average molecular weight is 483 g/mol. The molecule has 144 valence electrons. The number of nitrogen functional groups attached to an aromatic ring is 1. The van der Waals surface area contributed by atoms with Crippen molar-refractivity contribution in [3.05, 3.63) is 56.1 Å². The van der Waals surface area contributed by atoms with E-state index in [1.165, 1.54) is 4.57 Å². The molecule has 1 aromatic carbocycles. The highest BCUT2D eigenvalue weighted by molar-refractivity contribution is 14.1. The summed E-state index contributed by atoms with van der Waals surface area (Å²) in [7, 11) is 0. The standard InChI is InChI=1S/C19H22IN3O4/c1-4-14-11(2)19(3,27-16(24)12-8-6-5-7-9-12)17(26-14)23-10-13(20)15(21)22-18(23)25/h5-11,14,17H,4H2,1-3H3,(H2,21,22,25)/t11-,14-,17-,19-/m1/s1. The van der Waals surface area contributed by atoms with Crippen molar-refractivity contribution in [1.82, 2.24) is 9.55 Å². The fourth-order valence-electron chi connectivity index (χ4n) is 3.41. The molecule has 0 bridgehead atoms. The number of rotatable bonds is 4. The summed E-state index contributed by atoms with van der Waals surface area (Å²) < 4.78 is 14.1. The number of hydrogen-bond acceptors (Lipinski definition) is 6. The van der Waals surface area contributed by atoms with E-state index in [9.17, 15) is 9.59 Å². The molecule has 7 nitrogen and oxygen atoms in total. The molecule has 1 aliphatic rings. The molecule has 0 radical (unpaired) electrons. The lowest BCUT2D eigenvalue weighted by atomic mass is 9.86. The quantitative estimate of drug-likeness (QED) is 0.531. The second-order valence-corrected chi connectivity index (χ2v) is 7.99. The van der Waals surface area contributed by atoms with Gasteiger partial charge >= 0.3 is 11.7 Å². The Labute approximate surface area is 171 Å². The zero-order chi connectivity index (χ0) is 19.8. The third-order valence-electron chi connectivity index (χ3n) is 5.17. The summed E-state index contributed by atoms with van der Waals surface area (Å²) in [6, 6.07) is 8.77. The summed E-state index contributed by atoms with van der Waals surface area (Å²) in [6.45, 7) is 5.76. The highest BCUT2D eigenvalue weighted by Gasteiger charge is 2.55. The predicted octanol–water partition coefficient (Wildman–Crippen LogP) is 2.99. The zero-order valence-electron chi connectivity index (χ0n) is 15.4. The van der Waals surface area contributed by atoms with Crippen molar-refractivity contribution in [2.45, 2.75) is 45.1 Å². The molecule has 1 saturated heterocycles. The molecule has 2 aromatic rings. The largest absolute Gasteiger partial charge is 0.451 e. The Balaban J connectivity index is 2.02. The molecule has 1 fully saturated rings. The molecule has 0 amide bonds. The lowest BCUT2D eigenvalue weighted by Crippen LogP contribution is -2.45. The van der Waals surface area contributed by atoms with Gasteiger partial charge in [0, 0.05) is 12.1 Å². The minimum atomic E-state index is -1.04. The van der Waals surface area contributed by atoms with Gasteiger partial charge in [0.1, 0.15) is 5.82 Å². The van der Waals surface area contributed by atoms with E-state index in [0.29, 0.717) is 9.13 Å². The van der Waals surface area contributed by atoms with Crippen molar-refractivity contribution in [2.24, 2.45) is 5.92 Å². The highest BCUT2D eigenvalue weighted by atomic mass is 127. The zero-order valence-corrected chi connectivity index (χ0v) is 17.5. The van der Waals surface area contributed by atoms with E-state index in [4.69, 9.17) is 15.2 Å². The molecule has 0 unspecified atom stereocenters. The van der Waals surface area contributed by atoms with Crippen LogP contribution in [0.5, 0.6) is 0 Å². The van der Waals surface area contributed by atoms with E-state index in [1.807, 2.05) is 42.5 Å². The van der Waals surface area contributed by atoms with Crippen molar-refractivity contribution >= 4 is 34.4 Å². The molecular weight excluding hydrogens is 461 g/mol. The van der Waals surface area contributed by atoms with E-state index in [2.05, 4.69) is 4.98 Å². The van der Waals surface area contributed by atoms with Gasteiger partial charge < -0.3 is 15.2 Å². The first-order valence-electron chi connectivity index (χ1n) is 8.76. The molecule has 27 heavy (non-hydrogen) atoms. The van der Waals surface area contributed by atoms with Gasteiger partial charge in [0.15, 0.2) is 11.8 Å². The number of nitrogens with two attached hydrogens (primary N) is 1. The lowest BCUT2D eigenvalue weighted by Gasteiger charge is -2.34. The summed E-state index contributed by atoms with van der Waals surface area (Å²) in [5.74, 6) is -0.415. The summed E-state index contributed by atoms with van der Waals surface area (Å²) in [5, 5.41) is 0. The Kier molecular flexibility index (Phi) is 5.57. The first-order chi connectivity index (χ1) is 12.8. The average Bonchev–Trinajstić information content (AvgIpc) is 2.89. The van der Waals surface area contributed by atoms with Crippen LogP contribution in [0, 0.1) is 9.49 Å². The van der Waals surface area contributed by atoms with E-state index >= 15 is 0 Å². The number of halogens is 1. The molecule has 0 saturated carbocycles. The van der Waals surface area contributed by atoms with Gasteiger partial charge in [-0.15, -0.1) is 0 Å². The number of nitrogens with zero attached hydrogens (tertiary/aromatic N) is 2. The highest BCUT2D eigenvalue weighted by Crippen LogP contribution is 2.46. The number of hydrogen-bond donors (Lipinski definition) is 1. The molecule has 0 aliphatic carbocycles. The van der Waals surface area contributed by atoms with Crippen molar-refractivity contribution in [2.75, 3.05) is 5.73 Å². The molecule has 4 atom stereocenters. The number of carbonyl (C=O) groups is 1. The molecule has 3 rings (SSSR count). The van der Waals surface area contributed by atoms with Crippen molar-refractivity contribution in [3.63, 3.8) is 0 Å². The van der Waals surface area contributed by atoms with Crippen molar-refractivity contribution in [3.8, 4) is 0 Å². The van der Waals surface area contributed by atoms with Gasteiger partial charge in [-0.1, -0.05) is 32.0 Å². The lowest BCUT2D eigenvalue weighted by molar-refractivity contribution is -0.0982. The minimum absolute atomic E-state index is 0.123. The molecule has 1 aromatic heterocycles. The van der Waals surface area contributed by atoms with Gasteiger partial charge in [0.05, 0.1) is 15.2 Å². The van der Waals surface area contributed by atoms with Gasteiger partial charge in [0.25, 0.3) is 0 Å². The Morgan fingerprint density at radius 1 is 1.41 bits per heavy atom. The number of aromatic nitrogens is 2. The number of benzene rings is 1. The molecule has 0 spiro atoms. The Morgan fingerprint density at radius 2 is 2.07 bits per heavy atom. The van der Waals surface area contributed by atoms with Gasteiger partial charge in [-0.05, 0) is 48.1 Å². The van der Waals surface area contributed by atoms with Crippen LogP contribution in [0.2, 0.25) is 0 Å². The summed E-state index contributed by atoms with van der Waals surface area (Å²) >= 11 is 2.01. The second-order valence-electron chi connectivity index (χ2n) is 6.83. The summed E-state index contributed by atoms with van der Waals surface area (Å²) in [5.41, 5.74) is 4.60. The van der Waals surface area contributed by atoms with E-state index in [1.54, 1.807) is 37.4 Å².